The van der Waals surface area contributed by atoms with E-state index in [-0.39, 0.29) is 18.3 Å². The lowest BCUT2D eigenvalue weighted by Gasteiger charge is -2.24. The summed E-state index contributed by atoms with van der Waals surface area (Å²) in [6.45, 7) is 1.89. The lowest BCUT2D eigenvalue weighted by molar-refractivity contribution is 0.0743. The zero-order valence-electron chi connectivity index (χ0n) is 9.65. The first-order chi connectivity index (χ1) is 7.70. The quantitative estimate of drug-likeness (QED) is 0.907. The fourth-order valence-electron chi connectivity index (χ4n) is 1.96. The number of amides is 1. The summed E-state index contributed by atoms with van der Waals surface area (Å²) in [5.41, 5.74) is 0.733. The van der Waals surface area contributed by atoms with Crippen molar-refractivity contribution < 1.29 is 4.79 Å². The number of hydrogen-bond acceptors (Lipinski definition) is 2. The van der Waals surface area contributed by atoms with E-state index in [1.165, 1.54) is 0 Å². The van der Waals surface area contributed by atoms with Crippen LogP contribution in [-0.2, 0) is 0 Å². The highest BCUT2D eigenvalue weighted by atomic mass is 79.9. The summed E-state index contributed by atoms with van der Waals surface area (Å²) < 4.78 is 0.859. The van der Waals surface area contributed by atoms with Crippen LogP contribution in [0, 0.1) is 0 Å². The van der Waals surface area contributed by atoms with E-state index in [0.717, 1.165) is 29.5 Å². The van der Waals surface area contributed by atoms with E-state index in [4.69, 9.17) is 0 Å². The van der Waals surface area contributed by atoms with Gasteiger partial charge in [-0.15, -0.1) is 12.4 Å². The largest absolute Gasteiger partial charge is 0.337 e. The van der Waals surface area contributed by atoms with Crippen molar-refractivity contribution in [2.75, 3.05) is 20.1 Å². The van der Waals surface area contributed by atoms with Crippen molar-refractivity contribution in [3.63, 3.8) is 0 Å². The molecule has 1 atom stereocenters. The maximum Gasteiger partial charge on any atom is 0.255 e. The predicted molar refractivity (Wildman–Crippen MR) is 74.8 cm³/mol. The smallest absolute Gasteiger partial charge is 0.255 e. The maximum atomic E-state index is 12.2. The van der Waals surface area contributed by atoms with Gasteiger partial charge in [0, 0.05) is 24.1 Å². The van der Waals surface area contributed by atoms with Crippen LogP contribution in [-0.4, -0.2) is 37.0 Å². The predicted octanol–water partition coefficient (Wildman–Crippen LogP) is 2.30. The molecule has 1 aliphatic heterocycles. The highest BCUT2D eigenvalue weighted by Crippen LogP contribution is 2.19. The third-order valence-corrected chi connectivity index (χ3v) is 3.70. The van der Waals surface area contributed by atoms with Crippen LogP contribution in [0.3, 0.4) is 0 Å². The molecule has 1 aliphatic rings. The van der Waals surface area contributed by atoms with Crippen molar-refractivity contribution in [1.82, 2.24) is 10.2 Å². The molecule has 17 heavy (non-hydrogen) atoms. The number of nitrogens with zero attached hydrogens (tertiary/aromatic N) is 1. The SMILES string of the molecule is CN(C(=O)c1ccccc1Br)C1CCNC1.Cl. The molecule has 1 N–H and O–H groups in total. The number of likely N-dealkylation sites (N-methyl/N-ethyl adjacent to an activating group) is 1. The zero-order valence-corrected chi connectivity index (χ0v) is 12.1. The second-order valence-electron chi connectivity index (χ2n) is 4.04. The molecule has 0 aliphatic carbocycles. The van der Waals surface area contributed by atoms with E-state index in [1.54, 1.807) is 0 Å². The van der Waals surface area contributed by atoms with Gasteiger partial charge in [0.1, 0.15) is 0 Å². The van der Waals surface area contributed by atoms with Crippen molar-refractivity contribution in [3.05, 3.63) is 34.3 Å². The van der Waals surface area contributed by atoms with Crippen LogP contribution >= 0.6 is 28.3 Å². The Kier molecular flexibility index (Phi) is 5.43. The van der Waals surface area contributed by atoms with Gasteiger partial charge in [-0.1, -0.05) is 12.1 Å². The Hall–Kier alpha value is -0.580. The van der Waals surface area contributed by atoms with Gasteiger partial charge in [-0.3, -0.25) is 4.79 Å². The molecule has 1 aromatic carbocycles. The molecule has 94 valence electrons. The van der Waals surface area contributed by atoms with Gasteiger partial charge in [0.25, 0.3) is 5.91 Å². The molecule has 1 saturated heterocycles. The Morgan fingerprint density at radius 1 is 1.47 bits per heavy atom. The molecule has 0 spiro atoms. The highest BCUT2D eigenvalue weighted by Gasteiger charge is 2.24. The molecule has 3 nitrogen and oxygen atoms in total. The molecule has 1 amide bonds. The standard InChI is InChI=1S/C12H15BrN2O.ClH/c1-15(9-6-7-14-8-9)12(16)10-4-2-3-5-11(10)13;/h2-5,9,14H,6-8H2,1H3;1H. The molecule has 0 aromatic heterocycles. The monoisotopic (exact) mass is 318 g/mol. The minimum absolute atomic E-state index is 0. The molecule has 1 fully saturated rings. The maximum absolute atomic E-state index is 12.2. The van der Waals surface area contributed by atoms with E-state index < -0.39 is 0 Å². The zero-order chi connectivity index (χ0) is 11.5. The number of nitrogens with one attached hydrogen (secondary N) is 1. The molecular formula is C12H16BrClN2O. The lowest BCUT2D eigenvalue weighted by atomic mass is 10.1. The Labute approximate surface area is 116 Å². The summed E-state index contributed by atoms with van der Waals surface area (Å²) in [6, 6.07) is 7.87. The molecular weight excluding hydrogens is 304 g/mol. The van der Waals surface area contributed by atoms with E-state index >= 15 is 0 Å². The molecule has 0 bridgehead atoms. The van der Waals surface area contributed by atoms with Gasteiger partial charge in [0.2, 0.25) is 0 Å². The average Bonchev–Trinajstić information content (AvgIpc) is 2.81. The Bertz CT molecular complexity index is 394. The van der Waals surface area contributed by atoms with E-state index in [1.807, 2.05) is 36.2 Å². The van der Waals surface area contributed by atoms with Gasteiger partial charge in [0.15, 0.2) is 0 Å². The molecule has 0 saturated carbocycles. The first kappa shape index (κ1) is 14.5. The Morgan fingerprint density at radius 2 is 2.18 bits per heavy atom. The third kappa shape index (κ3) is 3.21. The number of rotatable bonds is 2. The Morgan fingerprint density at radius 3 is 2.76 bits per heavy atom. The molecule has 2 rings (SSSR count). The van der Waals surface area contributed by atoms with Crippen LogP contribution in [0.5, 0.6) is 0 Å². The van der Waals surface area contributed by atoms with Crippen molar-refractivity contribution in [2.45, 2.75) is 12.5 Å². The summed E-state index contributed by atoms with van der Waals surface area (Å²) in [4.78, 5) is 14.1. The van der Waals surface area contributed by atoms with Crippen LogP contribution in [0.2, 0.25) is 0 Å². The number of carbonyl (C=O) groups is 1. The fraction of sp³-hybridized carbons (Fsp3) is 0.417. The van der Waals surface area contributed by atoms with E-state index in [2.05, 4.69) is 21.2 Å². The van der Waals surface area contributed by atoms with Crippen LogP contribution in [0.15, 0.2) is 28.7 Å². The van der Waals surface area contributed by atoms with E-state index in [9.17, 15) is 4.79 Å². The second kappa shape index (κ2) is 6.38. The molecule has 1 heterocycles. The Balaban J connectivity index is 0.00000144. The number of hydrogen-bond donors (Lipinski definition) is 1. The van der Waals surface area contributed by atoms with Crippen molar-refractivity contribution >= 4 is 34.2 Å². The lowest BCUT2D eigenvalue weighted by Crippen LogP contribution is -2.38. The van der Waals surface area contributed by atoms with Gasteiger partial charge in [-0.05, 0) is 41.0 Å². The van der Waals surface area contributed by atoms with E-state index in [0.29, 0.717) is 6.04 Å². The van der Waals surface area contributed by atoms with Crippen molar-refractivity contribution in [2.24, 2.45) is 0 Å². The molecule has 1 aromatic rings. The van der Waals surface area contributed by atoms with Gasteiger partial charge in [-0.2, -0.15) is 0 Å². The van der Waals surface area contributed by atoms with Crippen molar-refractivity contribution in [3.8, 4) is 0 Å². The highest BCUT2D eigenvalue weighted by molar-refractivity contribution is 9.10. The number of benzene rings is 1. The van der Waals surface area contributed by atoms with Gasteiger partial charge in [0.05, 0.1) is 5.56 Å². The minimum atomic E-state index is 0. The summed E-state index contributed by atoms with van der Waals surface area (Å²) >= 11 is 3.41. The normalized spacial score (nSPS) is 18.6. The summed E-state index contributed by atoms with van der Waals surface area (Å²) in [5, 5.41) is 3.27. The van der Waals surface area contributed by atoms with Crippen LogP contribution in [0.25, 0.3) is 0 Å². The van der Waals surface area contributed by atoms with Crippen molar-refractivity contribution in [1.29, 1.82) is 0 Å². The van der Waals surface area contributed by atoms with Gasteiger partial charge >= 0.3 is 0 Å². The molecule has 0 radical (unpaired) electrons. The molecule has 1 unspecified atom stereocenters. The number of halogens is 2. The topological polar surface area (TPSA) is 32.3 Å². The second-order valence-corrected chi connectivity index (χ2v) is 4.90. The first-order valence-electron chi connectivity index (χ1n) is 5.42. The summed E-state index contributed by atoms with van der Waals surface area (Å²) in [6.07, 6.45) is 1.03. The average molecular weight is 320 g/mol. The van der Waals surface area contributed by atoms with Crippen LogP contribution in [0.4, 0.5) is 0 Å². The molecule has 5 heteroatoms. The number of carbonyl (C=O) groups excluding carboxylic acids is 1. The third-order valence-electron chi connectivity index (χ3n) is 3.01. The summed E-state index contributed by atoms with van der Waals surface area (Å²) in [7, 11) is 1.87. The van der Waals surface area contributed by atoms with Crippen LogP contribution in [0.1, 0.15) is 16.8 Å². The van der Waals surface area contributed by atoms with Gasteiger partial charge in [-0.25, -0.2) is 0 Å². The summed E-state index contributed by atoms with van der Waals surface area (Å²) in [5.74, 6) is 0.0844. The minimum Gasteiger partial charge on any atom is -0.337 e. The van der Waals surface area contributed by atoms with Gasteiger partial charge < -0.3 is 10.2 Å². The first-order valence-corrected chi connectivity index (χ1v) is 6.22. The van der Waals surface area contributed by atoms with Crippen LogP contribution < -0.4 is 5.32 Å². The fourth-order valence-corrected chi connectivity index (χ4v) is 2.41.